The first-order valence-corrected chi connectivity index (χ1v) is 9.81. The van der Waals surface area contributed by atoms with Gasteiger partial charge in [0.25, 0.3) is 0 Å². The summed E-state index contributed by atoms with van der Waals surface area (Å²) < 4.78 is 11.2. The van der Waals surface area contributed by atoms with E-state index in [4.69, 9.17) is 9.47 Å². The van der Waals surface area contributed by atoms with Crippen molar-refractivity contribution < 1.29 is 14.3 Å². The maximum Gasteiger partial charge on any atom is 0.219 e. The molecule has 8 heteroatoms. The number of nitrogens with one attached hydrogen (secondary N) is 2. The first-order valence-electron chi connectivity index (χ1n) is 9.81. The number of aliphatic imine (C=N–C) groups is 1. The normalized spacial score (nSPS) is 21.8. The Labute approximate surface area is 157 Å². The number of rotatable bonds is 9. The number of ether oxygens (including phenoxy) is 2. The molecule has 2 rings (SSSR count). The van der Waals surface area contributed by atoms with Crippen molar-refractivity contribution in [2.45, 2.75) is 32.3 Å². The van der Waals surface area contributed by atoms with Crippen molar-refractivity contribution in [2.75, 3.05) is 72.7 Å². The summed E-state index contributed by atoms with van der Waals surface area (Å²) in [6.45, 7) is 10.1. The summed E-state index contributed by atoms with van der Waals surface area (Å²) in [5, 5.41) is 6.66. The molecule has 1 unspecified atom stereocenters. The Morgan fingerprint density at radius 1 is 1.23 bits per heavy atom. The van der Waals surface area contributed by atoms with E-state index in [1.807, 2.05) is 4.90 Å². The zero-order chi connectivity index (χ0) is 18.6. The van der Waals surface area contributed by atoms with Crippen molar-refractivity contribution in [3.05, 3.63) is 0 Å². The lowest BCUT2D eigenvalue weighted by molar-refractivity contribution is -0.130. The Morgan fingerprint density at radius 2 is 2.00 bits per heavy atom. The van der Waals surface area contributed by atoms with Crippen LogP contribution in [0.15, 0.2) is 4.99 Å². The van der Waals surface area contributed by atoms with E-state index in [0.29, 0.717) is 12.7 Å². The van der Waals surface area contributed by atoms with Crippen LogP contribution in [0, 0.1) is 0 Å². The van der Waals surface area contributed by atoms with Crippen LogP contribution in [0.4, 0.5) is 0 Å². The van der Waals surface area contributed by atoms with E-state index in [9.17, 15) is 4.79 Å². The third kappa shape index (κ3) is 7.88. The third-order valence-electron chi connectivity index (χ3n) is 4.85. The summed E-state index contributed by atoms with van der Waals surface area (Å²) in [4.78, 5) is 19.9. The van der Waals surface area contributed by atoms with Gasteiger partial charge in [-0.25, -0.2) is 0 Å². The molecule has 2 fully saturated rings. The minimum Gasteiger partial charge on any atom is -0.379 e. The van der Waals surface area contributed by atoms with Crippen LogP contribution in [0.1, 0.15) is 26.2 Å². The molecule has 2 N–H and O–H groups in total. The molecule has 0 bridgehead atoms. The summed E-state index contributed by atoms with van der Waals surface area (Å²) in [6.07, 6.45) is 3.53. The molecule has 0 aromatic carbocycles. The molecule has 1 amide bonds. The monoisotopic (exact) mass is 369 g/mol. The number of amides is 1. The van der Waals surface area contributed by atoms with Gasteiger partial charge in [-0.2, -0.15) is 0 Å². The molecule has 2 heterocycles. The average molecular weight is 370 g/mol. The summed E-state index contributed by atoms with van der Waals surface area (Å²) >= 11 is 0. The zero-order valence-corrected chi connectivity index (χ0v) is 16.3. The van der Waals surface area contributed by atoms with Crippen molar-refractivity contribution in [3.63, 3.8) is 0 Å². The van der Waals surface area contributed by atoms with Crippen molar-refractivity contribution in [2.24, 2.45) is 4.99 Å². The number of carbonyl (C=O) groups is 1. The molecule has 2 aliphatic rings. The Bertz CT molecular complexity index is 433. The number of piperazine rings is 1. The van der Waals surface area contributed by atoms with Gasteiger partial charge in [-0.1, -0.05) is 0 Å². The second-order valence-corrected chi connectivity index (χ2v) is 6.84. The van der Waals surface area contributed by atoms with Gasteiger partial charge in [0.05, 0.1) is 12.7 Å². The van der Waals surface area contributed by atoms with Gasteiger partial charge in [0, 0.05) is 73.0 Å². The van der Waals surface area contributed by atoms with Crippen LogP contribution in [0.2, 0.25) is 0 Å². The van der Waals surface area contributed by atoms with Crippen molar-refractivity contribution in [1.29, 1.82) is 0 Å². The molecule has 0 aromatic rings. The van der Waals surface area contributed by atoms with E-state index in [2.05, 4.69) is 20.5 Å². The van der Waals surface area contributed by atoms with E-state index >= 15 is 0 Å². The number of hydrogen-bond acceptors (Lipinski definition) is 5. The second kappa shape index (κ2) is 12.1. The first-order chi connectivity index (χ1) is 12.7. The minimum absolute atomic E-state index is 0.173. The van der Waals surface area contributed by atoms with Gasteiger partial charge >= 0.3 is 0 Å². The number of carbonyl (C=O) groups excluding carboxylic acids is 1. The molecule has 2 saturated heterocycles. The molecule has 0 aliphatic carbocycles. The third-order valence-corrected chi connectivity index (χ3v) is 4.85. The summed E-state index contributed by atoms with van der Waals surface area (Å²) in [6, 6.07) is 0. The standard InChI is InChI=1S/C18H35N5O3/c1-16(24)23-11-9-22(10-12-23)8-7-21-18(19-2)20-6-4-13-25-15-17-5-3-14-26-17/h17H,3-15H2,1-2H3,(H2,19,20,21). The summed E-state index contributed by atoms with van der Waals surface area (Å²) in [5.74, 6) is 0.999. The lowest BCUT2D eigenvalue weighted by Gasteiger charge is -2.34. The maximum absolute atomic E-state index is 11.3. The predicted molar refractivity (Wildman–Crippen MR) is 102 cm³/mol. The Balaban J connectivity index is 1.45. The van der Waals surface area contributed by atoms with Gasteiger partial charge in [0.1, 0.15) is 0 Å². The van der Waals surface area contributed by atoms with Gasteiger partial charge in [-0.15, -0.1) is 0 Å². The van der Waals surface area contributed by atoms with E-state index in [-0.39, 0.29) is 5.91 Å². The second-order valence-electron chi connectivity index (χ2n) is 6.84. The highest BCUT2D eigenvalue weighted by Crippen LogP contribution is 2.11. The molecule has 0 saturated carbocycles. The van der Waals surface area contributed by atoms with Crippen LogP contribution < -0.4 is 10.6 Å². The Hall–Kier alpha value is -1.38. The molecule has 0 radical (unpaired) electrons. The van der Waals surface area contributed by atoms with Crippen molar-refractivity contribution >= 4 is 11.9 Å². The fourth-order valence-electron chi connectivity index (χ4n) is 3.21. The van der Waals surface area contributed by atoms with E-state index < -0.39 is 0 Å². The largest absolute Gasteiger partial charge is 0.379 e. The molecule has 8 nitrogen and oxygen atoms in total. The average Bonchev–Trinajstić information content (AvgIpc) is 3.17. The fourth-order valence-corrected chi connectivity index (χ4v) is 3.21. The Morgan fingerprint density at radius 3 is 2.65 bits per heavy atom. The van der Waals surface area contributed by atoms with E-state index in [1.165, 1.54) is 0 Å². The van der Waals surface area contributed by atoms with Gasteiger partial charge < -0.3 is 25.0 Å². The van der Waals surface area contributed by atoms with Crippen molar-refractivity contribution in [3.8, 4) is 0 Å². The summed E-state index contributed by atoms with van der Waals surface area (Å²) in [5.41, 5.74) is 0. The van der Waals surface area contributed by atoms with Gasteiger partial charge in [0.15, 0.2) is 5.96 Å². The number of nitrogens with zero attached hydrogens (tertiary/aromatic N) is 3. The molecule has 0 spiro atoms. The van der Waals surface area contributed by atoms with Crippen LogP contribution in [-0.2, 0) is 14.3 Å². The molecular formula is C18H35N5O3. The summed E-state index contributed by atoms with van der Waals surface area (Å²) in [7, 11) is 1.79. The van der Waals surface area contributed by atoms with Gasteiger partial charge in [0.2, 0.25) is 5.91 Å². The van der Waals surface area contributed by atoms with Gasteiger partial charge in [-0.05, 0) is 19.3 Å². The highest BCUT2D eigenvalue weighted by Gasteiger charge is 2.18. The smallest absolute Gasteiger partial charge is 0.219 e. The first kappa shape index (κ1) is 20.9. The highest BCUT2D eigenvalue weighted by atomic mass is 16.5. The van der Waals surface area contributed by atoms with Crippen LogP contribution in [-0.4, -0.2) is 100 Å². The van der Waals surface area contributed by atoms with Gasteiger partial charge in [-0.3, -0.25) is 14.7 Å². The SMILES string of the molecule is CN=C(NCCCOCC1CCCO1)NCCN1CCN(C(C)=O)CC1. The number of guanidine groups is 1. The van der Waals surface area contributed by atoms with Crippen LogP contribution >= 0.6 is 0 Å². The number of hydrogen-bond donors (Lipinski definition) is 2. The maximum atomic E-state index is 11.3. The molecular weight excluding hydrogens is 334 g/mol. The molecule has 150 valence electrons. The highest BCUT2D eigenvalue weighted by molar-refractivity contribution is 5.79. The van der Waals surface area contributed by atoms with Crippen molar-refractivity contribution in [1.82, 2.24) is 20.4 Å². The fraction of sp³-hybridized carbons (Fsp3) is 0.889. The molecule has 1 atom stereocenters. The minimum atomic E-state index is 0.173. The molecule has 26 heavy (non-hydrogen) atoms. The zero-order valence-electron chi connectivity index (χ0n) is 16.3. The quantitative estimate of drug-likeness (QED) is 0.336. The predicted octanol–water partition coefficient (Wildman–Crippen LogP) is -0.0988. The lowest BCUT2D eigenvalue weighted by Crippen LogP contribution is -2.50. The van der Waals surface area contributed by atoms with Crippen LogP contribution in [0.5, 0.6) is 0 Å². The van der Waals surface area contributed by atoms with E-state index in [1.54, 1.807) is 14.0 Å². The Kier molecular flexibility index (Phi) is 9.73. The lowest BCUT2D eigenvalue weighted by atomic mass is 10.2. The molecule has 0 aromatic heterocycles. The topological polar surface area (TPSA) is 78.4 Å². The van der Waals surface area contributed by atoms with Crippen LogP contribution in [0.25, 0.3) is 0 Å². The molecule has 2 aliphatic heterocycles. The van der Waals surface area contributed by atoms with E-state index in [0.717, 1.165) is 84.2 Å². The van der Waals surface area contributed by atoms with Crippen LogP contribution in [0.3, 0.4) is 0 Å².